The maximum Gasteiger partial charge on any atom is 0.248 e. The van der Waals surface area contributed by atoms with Gasteiger partial charge in [0, 0.05) is 55.9 Å². The first-order valence-corrected chi connectivity index (χ1v) is 12.3. The largest absolute Gasteiger partial charge is 0.368 e. The number of rotatable bonds is 4. The molecule has 4 rings (SSSR count). The lowest BCUT2D eigenvalue weighted by atomic mass is 9.96. The van der Waals surface area contributed by atoms with Crippen molar-refractivity contribution in [2.24, 2.45) is 5.92 Å². The van der Waals surface area contributed by atoms with E-state index in [1.165, 1.54) is 4.31 Å². The van der Waals surface area contributed by atoms with Crippen molar-refractivity contribution in [3.05, 3.63) is 40.7 Å². The number of benzene rings is 1. The van der Waals surface area contributed by atoms with Gasteiger partial charge in [0.25, 0.3) is 0 Å². The van der Waals surface area contributed by atoms with E-state index in [2.05, 4.69) is 10.1 Å². The van der Waals surface area contributed by atoms with Crippen molar-refractivity contribution in [2.75, 3.05) is 44.2 Å². The van der Waals surface area contributed by atoms with Crippen molar-refractivity contribution in [1.82, 2.24) is 14.4 Å². The minimum atomic E-state index is -3.66. The second-order valence-corrected chi connectivity index (χ2v) is 10.4. The molecule has 0 aliphatic carbocycles. The highest BCUT2D eigenvalue weighted by Gasteiger charge is 2.37. The fourth-order valence-electron chi connectivity index (χ4n) is 4.43. The smallest absolute Gasteiger partial charge is 0.248 e. The summed E-state index contributed by atoms with van der Waals surface area (Å²) in [4.78, 5) is 17.3. The SMILES string of the molecule is Cc1noc(C)c1S(=O)(=O)N1CCC(C(=O)N2CCN(c3cccc(Cl)c3)CC2)CC1. The minimum absolute atomic E-state index is 0.125. The third-order valence-corrected chi connectivity index (χ3v) is 8.51. The molecule has 1 aromatic heterocycles. The lowest BCUT2D eigenvalue weighted by Crippen LogP contribution is -2.52. The van der Waals surface area contributed by atoms with E-state index in [1.54, 1.807) is 13.8 Å². The molecule has 0 bridgehead atoms. The Labute approximate surface area is 187 Å². The zero-order valence-electron chi connectivity index (χ0n) is 17.8. The van der Waals surface area contributed by atoms with Crippen molar-refractivity contribution in [3.63, 3.8) is 0 Å². The van der Waals surface area contributed by atoms with E-state index < -0.39 is 10.0 Å². The molecule has 0 unspecified atom stereocenters. The van der Waals surface area contributed by atoms with E-state index >= 15 is 0 Å². The first kappa shape index (κ1) is 22.1. The van der Waals surface area contributed by atoms with Crippen molar-refractivity contribution in [3.8, 4) is 0 Å². The number of hydrogen-bond acceptors (Lipinski definition) is 6. The molecule has 8 nitrogen and oxygen atoms in total. The molecule has 2 aliphatic heterocycles. The van der Waals surface area contributed by atoms with Crippen LogP contribution >= 0.6 is 11.6 Å². The Morgan fingerprint density at radius 3 is 2.35 bits per heavy atom. The average molecular weight is 467 g/mol. The normalized spacial score (nSPS) is 19.1. The number of halogens is 1. The van der Waals surface area contributed by atoms with Gasteiger partial charge in [-0.25, -0.2) is 8.42 Å². The molecule has 168 valence electrons. The molecule has 2 aromatic rings. The zero-order chi connectivity index (χ0) is 22.2. The number of aryl methyl sites for hydroxylation is 2. The summed E-state index contributed by atoms with van der Waals surface area (Å²) < 4.78 is 32.4. The van der Waals surface area contributed by atoms with Gasteiger partial charge < -0.3 is 14.3 Å². The summed E-state index contributed by atoms with van der Waals surface area (Å²) in [6.07, 6.45) is 1.05. The highest BCUT2D eigenvalue weighted by Crippen LogP contribution is 2.29. The lowest BCUT2D eigenvalue weighted by Gasteiger charge is -2.39. The summed E-state index contributed by atoms with van der Waals surface area (Å²) in [6, 6.07) is 7.75. The predicted molar refractivity (Wildman–Crippen MR) is 118 cm³/mol. The van der Waals surface area contributed by atoms with E-state index in [1.807, 2.05) is 29.2 Å². The Balaban J connectivity index is 1.33. The van der Waals surface area contributed by atoms with Gasteiger partial charge in [0.2, 0.25) is 15.9 Å². The summed E-state index contributed by atoms with van der Waals surface area (Å²) in [5.41, 5.74) is 1.44. The Hall–Kier alpha value is -2.10. The summed E-state index contributed by atoms with van der Waals surface area (Å²) >= 11 is 6.09. The molecule has 2 aliphatic rings. The second-order valence-electron chi connectivity index (χ2n) is 8.12. The summed E-state index contributed by atoms with van der Waals surface area (Å²) in [5.74, 6) is 0.280. The van der Waals surface area contributed by atoms with Gasteiger partial charge in [0.05, 0.1) is 0 Å². The fourth-order valence-corrected chi connectivity index (χ4v) is 6.38. The molecule has 3 heterocycles. The molecular formula is C21H27ClN4O4S. The first-order valence-electron chi connectivity index (χ1n) is 10.5. The van der Waals surface area contributed by atoms with Crippen LogP contribution in [0.25, 0.3) is 0 Å². The molecule has 10 heteroatoms. The van der Waals surface area contributed by atoms with Gasteiger partial charge in [-0.1, -0.05) is 22.8 Å². The lowest BCUT2D eigenvalue weighted by molar-refractivity contribution is -0.137. The third kappa shape index (κ3) is 4.44. The predicted octanol–water partition coefficient (Wildman–Crippen LogP) is 2.69. The van der Waals surface area contributed by atoms with Crippen LogP contribution in [-0.2, 0) is 14.8 Å². The number of piperazine rings is 1. The third-order valence-electron chi connectivity index (χ3n) is 6.13. The number of nitrogens with zero attached hydrogens (tertiary/aromatic N) is 4. The molecule has 31 heavy (non-hydrogen) atoms. The molecule has 0 saturated carbocycles. The number of aromatic nitrogens is 1. The Morgan fingerprint density at radius 2 is 1.77 bits per heavy atom. The van der Waals surface area contributed by atoms with Crippen LogP contribution < -0.4 is 4.90 Å². The monoisotopic (exact) mass is 466 g/mol. The molecule has 0 spiro atoms. The maximum absolute atomic E-state index is 13.0. The standard InChI is InChI=1S/C21H27ClN4O4S/c1-15-20(16(2)30-23-15)31(28,29)26-8-6-17(7-9-26)21(27)25-12-10-24(11-13-25)19-5-3-4-18(22)14-19/h3-5,14,17H,6-13H2,1-2H3. The molecule has 0 atom stereocenters. The van der Waals surface area contributed by atoms with Crippen LogP contribution in [0.4, 0.5) is 5.69 Å². The highest BCUT2D eigenvalue weighted by molar-refractivity contribution is 7.89. The van der Waals surface area contributed by atoms with Crippen LogP contribution in [0.5, 0.6) is 0 Å². The molecule has 2 saturated heterocycles. The highest BCUT2D eigenvalue weighted by atomic mass is 35.5. The molecule has 1 amide bonds. The van der Waals surface area contributed by atoms with Crippen molar-refractivity contribution in [1.29, 1.82) is 0 Å². The fraction of sp³-hybridized carbons (Fsp3) is 0.524. The van der Waals surface area contributed by atoms with Gasteiger partial charge in [-0.15, -0.1) is 0 Å². The van der Waals surface area contributed by atoms with Gasteiger partial charge in [-0.3, -0.25) is 4.79 Å². The Morgan fingerprint density at radius 1 is 1.10 bits per heavy atom. The number of anilines is 1. The Kier molecular flexibility index (Phi) is 6.27. The van der Waals surface area contributed by atoms with Crippen molar-refractivity contribution >= 4 is 33.2 Å². The maximum atomic E-state index is 13.0. The molecule has 0 N–H and O–H groups in total. The number of hydrogen-bond donors (Lipinski definition) is 0. The minimum Gasteiger partial charge on any atom is -0.368 e. The van der Waals surface area contributed by atoms with Crippen LogP contribution in [0.3, 0.4) is 0 Å². The quantitative estimate of drug-likeness (QED) is 0.688. The molecule has 0 radical (unpaired) electrons. The second kappa shape index (κ2) is 8.80. The summed E-state index contributed by atoms with van der Waals surface area (Å²) in [7, 11) is -3.66. The first-order chi connectivity index (χ1) is 14.8. The van der Waals surface area contributed by atoms with Gasteiger partial charge in [-0.2, -0.15) is 4.31 Å². The van der Waals surface area contributed by atoms with E-state index in [0.717, 1.165) is 18.8 Å². The van der Waals surface area contributed by atoms with Crippen LogP contribution in [0.2, 0.25) is 5.02 Å². The Bertz CT molecular complexity index is 1040. The topological polar surface area (TPSA) is 87.0 Å². The molecule has 2 fully saturated rings. The number of amides is 1. The number of carbonyl (C=O) groups excluding carboxylic acids is 1. The van der Waals surface area contributed by atoms with E-state index in [-0.39, 0.29) is 16.7 Å². The molecule has 1 aromatic carbocycles. The average Bonchev–Trinajstić information content (AvgIpc) is 3.12. The van der Waals surface area contributed by atoms with Gasteiger partial charge in [-0.05, 0) is 44.9 Å². The van der Waals surface area contributed by atoms with Crippen LogP contribution in [0.1, 0.15) is 24.3 Å². The van der Waals surface area contributed by atoms with E-state index in [9.17, 15) is 13.2 Å². The summed E-state index contributed by atoms with van der Waals surface area (Å²) in [5, 5.41) is 4.46. The van der Waals surface area contributed by atoms with Gasteiger partial charge in [0.1, 0.15) is 10.6 Å². The van der Waals surface area contributed by atoms with Crippen LogP contribution in [-0.4, -0.2) is 68.0 Å². The van der Waals surface area contributed by atoms with Gasteiger partial charge >= 0.3 is 0 Å². The summed E-state index contributed by atoms with van der Waals surface area (Å²) in [6.45, 7) is 6.70. The number of sulfonamides is 1. The molecular weight excluding hydrogens is 440 g/mol. The zero-order valence-corrected chi connectivity index (χ0v) is 19.3. The van der Waals surface area contributed by atoms with E-state index in [0.29, 0.717) is 55.5 Å². The van der Waals surface area contributed by atoms with Gasteiger partial charge in [0.15, 0.2) is 5.76 Å². The van der Waals surface area contributed by atoms with E-state index in [4.69, 9.17) is 16.1 Å². The number of piperidine rings is 1. The van der Waals surface area contributed by atoms with Crippen molar-refractivity contribution in [2.45, 2.75) is 31.6 Å². The van der Waals surface area contributed by atoms with Crippen molar-refractivity contribution < 1.29 is 17.7 Å². The number of carbonyl (C=O) groups is 1. The van der Waals surface area contributed by atoms with Crippen LogP contribution in [0.15, 0.2) is 33.7 Å². The van der Waals surface area contributed by atoms with Crippen LogP contribution in [0, 0.1) is 19.8 Å².